The average Bonchev–Trinajstić information content (AvgIpc) is 2.56. The van der Waals surface area contributed by atoms with Crippen molar-refractivity contribution in [1.82, 2.24) is 4.90 Å². The van der Waals surface area contributed by atoms with Gasteiger partial charge in [-0.3, -0.25) is 4.90 Å². The van der Waals surface area contributed by atoms with E-state index in [9.17, 15) is 10.2 Å². The first-order valence-electron chi connectivity index (χ1n) is 5.73. The van der Waals surface area contributed by atoms with Gasteiger partial charge in [-0.15, -0.1) is 0 Å². The summed E-state index contributed by atoms with van der Waals surface area (Å²) in [6, 6.07) is 5.22. The Bertz CT molecular complexity index is 480. The van der Waals surface area contributed by atoms with Gasteiger partial charge < -0.3 is 10.2 Å². The molecule has 0 radical (unpaired) electrons. The monoisotopic (exact) mass is 287 g/mol. The Labute approximate surface area is 116 Å². The molecule has 0 fully saturated rings. The number of halogens is 2. The van der Waals surface area contributed by atoms with Crippen molar-refractivity contribution < 1.29 is 10.2 Å². The summed E-state index contributed by atoms with van der Waals surface area (Å²) in [6.45, 7) is 4.21. The lowest BCUT2D eigenvalue weighted by Gasteiger charge is -2.26. The van der Waals surface area contributed by atoms with Crippen LogP contribution in [0.5, 0.6) is 0 Å². The second-order valence-electron chi connectivity index (χ2n) is 4.60. The molecule has 5 heteroatoms. The molecule has 0 saturated heterocycles. The zero-order chi connectivity index (χ0) is 13.4. The highest BCUT2D eigenvalue weighted by Gasteiger charge is 2.35. The Morgan fingerprint density at radius 1 is 1.28 bits per heavy atom. The molecule has 1 unspecified atom stereocenters. The van der Waals surface area contributed by atoms with E-state index in [1.807, 2.05) is 13.8 Å². The summed E-state index contributed by atoms with van der Waals surface area (Å²) < 4.78 is 0. The van der Waals surface area contributed by atoms with Crippen LogP contribution in [-0.2, 0) is 0 Å². The molecule has 2 N–H and O–H groups in total. The first-order valence-corrected chi connectivity index (χ1v) is 6.49. The van der Waals surface area contributed by atoms with Crippen LogP contribution in [0, 0.1) is 0 Å². The van der Waals surface area contributed by atoms with E-state index in [2.05, 4.69) is 0 Å². The van der Waals surface area contributed by atoms with Gasteiger partial charge in [-0.2, -0.15) is 0 Å². The molecule has 1 aromatic rings. The largest absolute Gasteiger partial charge is 0.510 e. The number of nitrogens with zero attached hydrogens (tertiary/aromatic N) is 1. The molecular weight excluding hydrogens is 273 g/mol. The lowest BCUT2D eigenvalue weighted by molar-refractivity contribution is 0.0437. The van der Waals surface area contributed by atoms with Gasteiger partial charge in [0.05, 0.1) is 6.54 Å². The Kier molecular flexibility index (Phi) is 3.87. The molecule has 0 spiro atoms. The third kappa shape index (κ3) is 2.24. The fraction of sp³-hybridized carbons (Fsp3) is 0.385. The molecule has 0 aliphatic carbocycles. The normalized spacial score (nSPS) is 21.1. The van der Waals surface area contributed by atoms with Crippen LogP contribution >= 0.6 is 23.2 Å². The van der Waals surface area contributed by atoms with Crippen LogP contribution in [0.2, 0.25) is 10.0 Å². The molecule has 0 bridgehead atoms. The maximum atomic E-state index is 10.3. The first kappa shape index (κ1) is 13.7. The van der Waals surface area contributed by atoms with Crippen molar-refractivity contribution in [3.63, 3.8) is 0 Å². The molecule has 1 aliphatic rings. The average molecular weight is 288 g/mol. The zero-order valence-corrected chi connectivity index (χ0v) is 11.7. The minimum Gasteiger partial charge on any atom is -0.510 e. The fourth-order valence-corrected chi connectivity index (χ4v) is 2.75. The van der Waals surface area contributed by atoms with E-state index in [4.69, 9.17) is 23.2 Å². The second kappa shape index (κ2) is 5.10. The topological polar surface area (TPSA) is 43.7 Å². The van der Waals surface area contributed by atoms with Crippen LogP contribution in [-0.4, -0.2) is 33.9 Å². The number of rotatable bonds is 2. The molecule has 1 heterocycles. The van der Waals surface area contributed by atoms with E-state index in [1.165, 1.54) is 0 Å². The third-order valence-corrected chi connectivity index (χ3v) is 3.74. The Morgan fingerprint density at radius 2 is 1.83 bits per heavy atom. The van der Waals surface area contributed by atoms with Crippen molar-refractivity contribution in [2.45, 2.75) is 26.1 Å². The molecular formula is C13H15Cl2NO2. The summed E-state index contributed by atoms with van der Waals surface area (Å²) in [5.74, 6) is 0.117. The third-order valence-electron chi connectivity index (χ3n) is 3.11. The van der Waals surface area contributed by atoms with E-state index in [0.29, 0.717) is 27.7 Å². The molecule has 0 saturated carbocycles. The number of benzene rings is 1. The molecule has 0 aromatic heterocycles. The Morgan fingerprint density at radius 3 is 2.28 bits per heavy atom. The van der Waals surface area contributed by atoms with Gasteiger partial charge in [0.1, 0.15) is 12.0 Å². The number of aliphatic hydroxyl groups excluding tert-OH is 2. The van der Waals surface area contributed by atoms with Gasteiger partial charge in [0.2, 0.25) is 0 Å². The minimum absolute atomic E-state index is 0.112. The summed E-state index contributed by atoms with van der Waals surface area (Å²) in [4.78, 5) is 1.77. The van der Waals surface area contributed by atoms with Crippen molar-refractivity contribution in [3.8, 4) is 0 Å². The zero-order valence-electron chi connectivity index (χ0n) is 10.2. The molecule has 3 nitrogen and oxygen atoms in total. The summed E-state index contributed by atoms with van der Waals surface area (Å²) in [7, 11) is 0. The summed E-state index contributed by atoms with van der Waals surface area (Å²) in [5, 5.41) is 21.2. The highest BCUT2D eigenvalue weighted by molar-refractivity contribution is 6.37. The van der Waals surface area contributed by atoms with Crippen LogP contribution in [0.4, 0.5) is 0 Å². The summed E-state index contributed by atoms with van der Waals surface area (Å²) in [5.41, 5.74) is 0.910. The summed E-state index contributed by atoms with van der Waals surface area (Å²) >= 11 is 12.2. The van der Waals surface area contributed by atoms with Crippen molar-refractivity contribution >= 4 is 28.8 Å². The molecule has 1 atom stereocenters. The number of aliphatic hydroxyl groups is 2. The molecule has 1 aromatic carbocycles. The van der Waals surface area contributed by atoms with Crippen LogP contribution in [0.15, 0.2) is 24.0 Å². The van der Waals surface area contributed by atoms with E-state index < -0.39 is 6.23 Å². The maximum Gasteiger partial charge on any atom is 0.138 e. The second-order valence-corrected chi connectivity index (χ2v) is 5.41. The smallest absolute Gasteiger partial charge is 0.138 e. The molecule has 1 aliphatic heterocycles. The van der Waals surface area contributed by atoms with Gasteiger partial charge in [-0.05, 0) is 26.0 Å². The fourth-order valence-electron chi connectivity index (χ4n) is 2.15. The Balaban J connectivity index is 2.48. The van der Waals surface area contributed by atoms with Gasteiger partial charge in [0.25, 0.3) is 0 Å². The van der Waals surface area contributed by atoms with Crippen molar-refractivity contribution in [2.24, 2.45) is 0 Å². The SMILES string of the molecule is CC(C)N1CC(O)=C(c2c(Cl)cccc2Cl)C1O. The summed E-state index contributed by atoms with van der Waals surface area (Å²) in [6.07, 6.45) is -0.887. The highest BCUT2D eigenvalue weighted by atomic mass is 35.5. The predicted octanol–water partition coefficient (Wildman–Crippen LogP) is 3.30. The van der Waals surface area contributed by atoms with E-state index >= 15 is 0 Å². The lowest BCUT2D eigenvalue weighted by Crippen LogP contribution is -2.37. The first-order chi connectivity index (χ1) is 8.43. The Hall–Kier alpha value is -0.740. The van der Waals surface area contributed by atoms with Crippen molar-refractivity contribution in [2.75, 3.05) is 6.54 Å². The van der Waals surface area contributed by atoms with Crippen LogP contribution in [0.3, 0.4) is 0 Å². The standard InChI is InChI=1S/C13H15Cl2NO2/c1-7(2)16-6-10(17)12(13(16)18)11-8(14)4-3-5-9(11)15/h3-5,7,13,17-18H,6H2,1-2H3. The van der Waals surface area contributed by atoms with Crippen LogP contribution in [0.25, 0.3) is 5.57 Å². The molecule has 0 amide bonds. The van der Waals surface area contributed by atoms with Crippen molar-refractivity contribution in [3.05, 3.63) is 39.6 Å². The molecule has 18 heavy (non-hydrogen) atoms. The van der Waals surface area contributed by atoms with Crippen LogP contribution in [0.1, 0.15) is 19.4 Å². The molecule has 98 valence electrons. The van der Waals surface area contributed by atoms with Crippen molar-refractivity contribution in [1.29, 1.82) is 0 Å². The number of hydrogen-bond donors (Lipinski definition) is 2. The molecule has 2 rings (SSSR count). The van der Waals surface area contributed by atoms with Crippen LogP contribution < -0.4 is 0 Å². The van der Waals surface area contributed by atoms with E-state index in [-0.39, 0.29) is 11.8 Å². The van der Waals surface area contributed by atoms with Gasteiger partial charge in [0.15, 0.2) is 0 Å². The minimum atomic E-state index is -0.887. The number of hydrogen-bond acceptors (Lipinski definition) is 3. The van der Waals surface area contributed by atoms with E-state index in [0.717, 1.165) is 0 Å². The highest BCUT2D eigenvalue weighted by Crippen LogP contribution is 2.38. The maximum absolute atomic E-state index is 10.3. The van der Waals surface area contributed by atoms with Gasteiger partial charge in [-0.1, -0.05) is 29.3 Å². The quantitative estimate of drug-likeness (QED) is 0.877. The van der Waals surface area contributed by atoms with Gasteiger partial charge in [0, 0.05) is 27.2 Å². The van der Waals surface area contributed by atoms with E-state index in [1.54, 1.807) is 23.1 Å². The lowest BCUT2D eigenvalue weighted by atomic mass is 10.0. The van der Waals surface area contributed by atoms with Gasteiger partial charge >= 0.3 is 0 Å². The predicted molar refractivity (Wildman–Crippen MR) is 73.9 cm³/mol. The van der Waals surface area contributed by atoms with Gasteiger partial charge in [-0.25, -0.2) is 0 Å².